The van der Waals surface area contributed by atoms with Crippen molar-refractivity contribution in [1.29, 1.82) is 5.26 Å². The molecular weight excluding hydrogens is 428 g/mol. The van der Waals surface area contributed by atoms with Gasteiger partial charge in [0.2, 0.25) is 0 Å². The van der Waals surface area contributed by atoms with Gasteiger partial charge in [0.05, 0.1) is 30.5 Å². The van der Waals surface area contributed by atoms with Crippen LogP contribution < -0.4 is 15.5 Å². The van der Waals surface area contributed by atoms with Gasteiger partial charge in [0, 0.05) is 36.8 Å². The number of hydrogen-bond acceptors (Lipinski definition) is 8. The van der Waals surface area contributed by atoms with Gasteiger partial charge in [-0.05, 0) is 55.9 Å². The van der Waals surface area contributed by atoms with Gasteiger partial charge in [-0.2, -0.15) is 10.4 Å². The van der Waals surface area contributed by atoms with Crippen LogP contribution in [0.15, 0.2) is 24.4 Å². The molecule has 1 spiro atoms. The number of nitriles is 1. The summed E-state index contributed by atoms with van der Waals surface area (Å²) in [5.41, 5.74) is 11.0. The van der Waals surface area contributed by atoms with Crippen LogP contribution in [-0.4, -0.2) is 58.6 Å². The minimum atomic E-state index is 0.0821. The summed E-state index contributed by atoms with van der Waals surface area (Å²) in [6.07, 6.45) is 4.97. The van der Waals surface area contributed by atoms with E-state index < -0.39 is 0 Å². The number of aromatic nitrogens is 4. The average Bonchev–Trinajstić information content (AvgIpc) is 3.41. The summed E-state index contributed by atoms with van der Waals surface area (Å²) in [6, 6.07) is 8.23. The fourth-order valence-electron chi connectivity index (χ4n) is 5.86. The van der Waals surface area contributed by atoms with Crippen molar-refractivity contribution in [3.05, 3.63) is 35.5 Å². The SMILES string of the molecule is C[C@@H]1CCN(c2n[nH]c3nc(N4CCC5(CC4)CO[C@@H](C)[C@H]5N)cnc23)c2ccc(C#N)cc21. The molecule has 1 aromatic carbocycles. The van der Waals surface area contributed by atoms with Gasteiger partial charge in [-0.25, -0.2) is 9.97 Å². The molecule has 0 unspecified atom stereocenters. The standard InChI is InChI=1S/C25H30N8O/c1-15-5-8-33(19-4-3-17(12-26)11-18(15)19)24-21-23(30-31-24)29-20(13-28-21)32-9-6-25(7-10-32)14-34-16(2)22(25)27/h3-4,11,13,15-16,22H,5-10,14,27H2,1-2H3,(H,29,30,31)/t15-,16+,22-/m1/s1. The van der Waals surface area contributed by atoms with Gasteiger partial charge < -0.3 is 20.3 Å². The number of ether oxygens (including phenoxy) is 1. The van der Waals surface area contributed by atoms with Crippen molar-refractivity contribution in [3.8, 4) is 6.07 Å². The van der Waals surface area contributed by atoms with E-state index in [2.05, 4.69) is 39.9 Å². The molecule has 2 aromatic heterocycles. The van der Waals surface area contributed by atoms with Crippen molar-refractivity contribution in [1.82, 2.24) is 20.2 Å². The van der Waals surface area contributed by atoms with Crippen molar-refractivity contribution >= 4 is 28.5 Å². The van der Waals surface area contributed by atoms with E-state index in [9.17, 15) is 5.26 Å². The first-order chi connectivity index (χ1) is 16.5. The average molecular weight is 459 g/mol. The summed E-state index contributed by atoms with van der Waals surface area (Å²) < 4.78 is 5.86. The highest BCUT2D eigenvalue weighted by molar-refractivity contribution is 5.88. The van der Waals surface area contributed by atoms with Crippen molar-refractivity contribution < 1.29 is 4.74 Å². The lowest BCUT2D eigenvalue weighted by molar-refractivity contribution is 0.0974. The molecule has 34 heavy (non-hydrogen) atoms. The van der Waals surface area contributed by atoms with Crippen LogP contribution in [-0.2, 0) is 4.74 Å². The molecule has 0 aliphatic carbocycles. The Hall–Kier alpha value is -3.22. The first-order valence-corrected chi connectivity index (χ1v) is 12.1. The zero-order chi connectivity index (χ0) is 23.4. The number of hydrogen-bond donors (Lipinski definition) is 2. The maximum absolute atomic E-state index is 9.32. The van der Waals surface area contributed by atoms with Gasteiger partial charge >= 0.3 is 0 Å². The number of H-pyrrole nitrogens is 1. The Balaban J connectivity index is 1.26. The third-order valence-corrected chi connectivity index (χ3v) is 8.19. The summed E-state index contributed by atoms with van der Waals surface area (Å²) >= 11 is 0. The molecule has 176 valence electrons. The highest BCUT2D eigenvalue weighted by atomic mass is 16.5. The van der Waals surface area contributed by atoms with E-state index in [1.807, 2.05) is 24.4 Å². The van der Waals surface area contributed by atoms with Crippen molar-refractivity contribution in [2.24, 2.45) is 11.1 Å². The number of nitrogens with zero attached hydrogens (tertiary/aromatic N) is 6. The van der Waals surface area contributed by atoms with Crippen LogP contribution in [0, 0.1) is 16.7 Å². The van der Waals surface area contributed by atoms with E-state index in [0.717, 1.165) is 68.3 Å². The van der Waals surface area contributed by atoms with Crippen molar-refractivity contribution in [2.75, 3.05) is 36.0 Å². The Labute approximate surface area is 198 Å². The molecule has 3 aliphatic rings. The molecule has 2 fully saturated rings. The van der Waals surface area contributed by atoms with E-state index in [1.165, 1.54) is 5.56 Å². The minimum Gasteiger partial charge on any atom is -0.376 e. The second kappa shape index (κ2) is 7.93. The fourth-order valence-corrected chi connectivity index (χ4v) is 5.86. The second-order valence-corrected chi connectivity index (χ2v) is 10.1. The van der Waals surface area contributed by atoms with Gasteiger partial charge in [-0.15, -0.1) is 0 Å². The summed E-state index contributed by atoms with van der Waals surface area (Å²) in [5, 5.41) is 17.0. The van der Waals surface area contributed by atoms with Crippen LogP contribution in [0.4, 0.5) is 17.3 Å². The third-order valence-electron chi connectivity index (χ3n) is 8.19. The van der Waals surface area contributed by atoms with E-state index in [1.54, 1.807) is 0 Å². The number of benzene rings is 1. The molecule has 5 heterocycles. The lowest BCUT2D eigenvalue weighted by Crippen LogP contribution is -2.50. The van der Waals surface area contributed by atoms with Gasteiger partial charge in [0.1, 0.15) is 5.82 Å². The molecule has 2 saturated heterocycles. The topological polar surface area (TPSA) is 120 Å². The Morgan fingerprint density at radius 3 is 2.79 bits per heavy atom. The van der Waals surface area contributed by atoms with Crippen molar-refractivity contribution in [3.63, 3.8) is 0 Å². The lowest BCUT2D eigenvalue weighted by atomic mass is 9.73. The lowest BCUT2D eigenvalue weighted by Gasteiger charge is -2.41. The van der Waals surface area contributed by atoms with Crippen LogP contribution in [0.2, 0.25) is 0 Å². The number of aromatic amines is 1. The Morgan fingerprint density at radius 1 is 1.24 bits per heavy atom. The zero-order valence-electron chi connectivity index (χ0n) is 19.7. The van der Waals surface area contributed by atoms with Crippen LogP contribution in [0.5, 0.6) is 0 Å². The number of fused-ring (bicyclic) bond motifs is 2. The number of nitrogens with two attached hydrogens (primary N) is 1. The highest BCUT2D eigenvalue weighted by Crippen LogP contribution is 2.43. The van der Waals surface area contributed by atoms with E-state index >= 15 is 0 Å². The molecule has 9 nitrogen and oxygen atoms in total. The Bertz CT molecular complexity index is 1270. The monoisotopic (exact) mass is 458 g/mol. The molecule has 3 atom stereocenters. The number of piperidine rings is 1. The molecule has 0 bridgehead atoms. The summed E-state index contributed by atoms with van der Waals surface area (Å²) in [6.45, 7) is 7.67. The van der Waals surface area contributed by atoms with Gasteiger partial charge in [-0.3, -0.25) is 5.10 Å². The van der Waals surface area contributed by atoms with Crippen LogP contribution >= 0.6 is 0 Å². The molecule has 3 aromatic rings. The van der Waals surface area contributed by atoms with E-state index in [0.29, 0.717) is 17.1 Å². The quantitative estimate of drug-likeness (QED) is 0.601. The Kier molecular flexibility index (Phi) is 4.97. The van der Waals surface area contributed by atoms with Gasteiger partial charge in [0.15, 0.2) is 17.0 Å². The van der Waals surface area contributed by atoms with E-state index in [-0.39, 0.29) is 17.6 Å². The predicted octanol–water partition coefficient (Wildman–Crippen LogP) is 3.20. The summed E-state index contributed by atoms with van der Waals surface area (Å²) in [5.74, 6) is 2.04. The number of nitrogens with one attached hydrogen (secondary N) is 1. The smallest absolute Gasteiger partial charge is 0.183 e. The second-order valence-electron chi connectivity index (χ2n) is 10.1. The third kappa shape index (κ3) is 3.24. The molecule has 0 amide bonds. The van der Waals surface area contributed by atoms with Crippen molar-refractivity contribution in [2.45, 2.75) is 51.2 Å². The predicted molar refractivity (Wildman–Crippen MR) is 130 cm³/mol. The highest BCUT2D eigenvalue weighted by Gasteiger charge is 2.47. The number of rotatable bonds is 2. The molecule has 0 saturated carbocycles. The zero-order valence-corrected chi connectivity index (χ0v) is 19.7. The van der Waals surface area contributed by atoms with E-state index in [4.69, 9.17) is 20.4 Å². The number of anilines is 3. The minimum absolute atomic E-state index is 0.0821. The molecule has 3 N–H and O–H groups in total. The fraction of sp³-hybridized carbons (Fsp3) is 0.520. The maximum Gasteiger partial charge on any atom is 0.183 e. The maximum atomic E-state index is 9.32. The molecule has 0 radical (unpaired) electrons. The molecule has 9 heteroatoms. The first kappa shape index (κ1) is 21.3. The molecular formula is C25H30N8O. The first-order valence-electron chi connectivity index (χ1n) is 12.1. The molecule has 3 aliphatic heterocycles. The van der Waals surface area contributed by atoms with Crippen LogP contribution in [0.3, 0.4) is 0 Å². The Morgan fingerprint density at radius 2 is 2.06 bits per heavy atom. The normalized spacial score (nSPS) is 26.1. The van der Waals surface area contributed by atoms with Gasteiger partial charge in [0.25, 0.3) is 0 Å². The largest absolute Gasteiger partial charge is 0.376 e. The molecule has 6 rings (SSSR count). The van der Waals surface area contributed by atoms with Crippen LogP contribution in [0.1, 0.15) is 50.2 Å². The van der Waals surface area contributed by atoms with Gasteiger partial charge in [-0.1, -0.05) is 6.92 Å². The summed E-state index contributed by atoms with van der Waals surface area (Å²) in [4.78, 5) is 14.1. The summed E-state index contributed by atoms with van der Waals surface area (Å²) in [7, 11) is 0. The van der Waals surface area contributed by atoms with Crippen LogP contribution in [0.25, 0.3) is 11.2 Å².